The Kier molecular flexibility index (Phi) is 8.06. The zero-order valence-electron chi connectivity index (χ0n) is 6.81. The summed E-state index contributed by atoms with van der Waals surface area (Å²) in [6.07, 6.45) is 0.971. The first-order chi connectivity index (χ1) is 5.98. The van der Waals surface area contributed by atoms with Crippen LogP contribution in [-0.4, -0.2) is 13.4 Å². The first-order valence-electron chi connectivity index (χ1n) is 3.45. The summed E-state index contributed by atoms with van der Waals surface area (Å²) >= 11 is 28.6. The van der Waals surface area contributed by atoms with Gasteiger partial charge in [-0.15, -0.1) is 0 Å². The third-order valence-electron chi connectivity index (χ3n) is 1.53. The molecule has 0 aromatic rings. The van der Waals surface area contributed by atoms with Crippen molar-refractivity contribution in [1.29, 1.82) is 0 Å². The molecule has 86 valence electrons. The van der Waals surface area contributed by atoms with Crippen LogP contribution in [0.15, 0.2) is 0 Å². The Morgan fingerprint density at radius 3 is 1.50 bits per heavy atom. The van der Waals surface area contributed by atoms with Gasteiger partial charge in [-0.2, -0.15) is 0 Å². The molecule has 0 heterocycles. The lowest BCUT2D eigenvalue weighted by Crippen LogP contribution is -2.49. The number of halogens is 8. The van der Waals surface area contributed by atoms with Gasteiger partial charge in [0, 0.05) is 4.83 Å². The molecule has 0 amide bonds. The van der Waals surface area contributed by atoms with Crippen molar-refractivity contribution in [1.82, 2.24) is 0 Å². The average Bonchev–Trinajstić information content (AvgIpc) is 2.00. The van der Waals surface area contributed by atoms with Gasteiger partial charge >= 0.3 is 0 Å². The minimum atomic E-state index is -0.492. The second-order valence-corrected chi connectivity index (χ2v) is 17.4. The molecule has 0 bridgehead atoms. The largest absolute Gasteiger partial charge is 0.162 e. The maximum absolute atomic E-state index is 3.65. The predicted molar refractivity (Wildman–Crippen MR) is 93.7 cm³/mol. The topological polar surface area (TPSA) is 0 Å². The first kappa shape index (κ1) is 17.8. The van der Waals surface area contributed by atoms with Gasteiger partial charge in [0.25, 0.3) is 0 Å². The summed E-state index contributed by atoms with van der Waals surface area (Å²) in [5, 5.41) is 0. The lowest BCUT2D eigenvalue weighted by atomic mass is 10.2. The Balaban J connectivity index is 5.07. The van der Waals surface area contributed by atoms with Gasteiger partial charge in [0.2, 0.25) is 0 Å². The highest BCUT2D eigenvalue weighted by Crippen LogP contribution is 2.64. The van der Waals surface area contributed by atoms with E-state index in [4.69, 9.17) is 0 Å². The third-order valence-corrected chi connectivity index (χ3v) is 15.9. The van der Waals surface area contributed by atoms with E-state index in [0.717, 1.165) is 6.42 Å². The van der Waals surface area contributed by atoms with Crippen LogP contribution in [0.4, 0.5) is 0 Å². The Morgan fingerprint density at radius 2 is 1.29 bits per heavy atom. The highest BCUT2D eigenvalue weighted by Gasteiger charge is 2.58. The summed E-state index contributed by atoms with van der Waals surface area (Å²) in [6.45, 7) is 2.10. The van der Waals surface area contributed by atoms with Crippen molar-refractivity contribution >= 4 is 127 Å². The average molecular weight is 717 g/mol. The predicted octanol–water partition coefficient (Wildman–Crippen LogP) is 6.97. The molecule has 0 aromatic carbocycles. The van der Waals surface area contributed by atoms with Crippen LogP contribution >= 0.6 is 127 Å². The minimum absolute atomic E-state index is 0.237. The van der Waals surface area contributed by atoms with E-state index in [2.05, 4.69) is 134 Å². The molecule has 0 saturated carbocycles. The van der Waals surface area contributed by atoms with Crippen molar-refractivity contribution in [2.24, 2.45) is 0 Å². The number of hydrogen-bond donors (Lipinski definition) is 0. The highest BCUT2D eigenvalue weighted by atomic mass is 80.0. The SMILES string of the molecule is CCC(Br)C(Br)(Br)C(Br)(Br)C(Br)(Br)Br. The molecule has 8 heteroatoms. The van der Waals surface area contributed by atoms with Crippen LogP contribution in [0, 0.1) is 0 Å². The summed E-state index contributed by atoms with van der Waals surface area (Å²) in [4.78, 5) is 0.237. The van der Waals surface area contributed by atoms with E-state index < -0.39 is 5.38 Å². The maximum Gasteiger partial charge on any atom is 0.162 e. The van der Waals surface area contributed by atoms with Gasteiger partial charge in [0.15, 0.2) is 2.14 Å². The molecule has 0 aliphatic carbocycles. The number of alkyl halides is 8. The third kappa shape index (κ3) is 3.92. The molecular weight excluding hydrogens is 711 g/mol. The Morgan fingerprint density at radius 1 is 0.929 bits per heavy atom. The lowest BCUT2D eigenvalue weighted by molar-refractivity contribution is 0.713. The van der Waals surface area contributed by atoms with E-state index in [1.54, 1.807) is 0 Å². The summed E-state index contributed by atoms with van der Waals surface area (Å²) in [7, 11) is 0. The Bertz CT molecular complexity index is 192. The molecule has 0 spiro atoms. The fourth-order valence-electron chi connectivity index (χ4n) is 0.642. The molecule has 0 nitrogen and oxygen atoms in total. The Hall–Kier alpha value is 3.84. The van der Waals surface area contributed by atoms with Crippen LogP contribution in [0.1, 0.15) is 13.3 Å². The van der Waals surface area contributed by atoms with Gasteiger partial charge in [-0.3, -0.25) is 0 Å². The van der Waals surface area contributed by atoms with Crippen LogP contribution in [0.3, 0.4) is 0 Å². The van der Waals surface area contributed by atoms with E-state index in [0.29, 0.717) is 0 Å². The quantitative estimate of drug-likeness (QED) is 0.277. The monoisotopic (exact) mass is 709 g/mol. The van der Waals surface area contributed by atoms with Gasteiger partial charge in [-0.1, -0.05) is 134 Å². The second-order valence-electron chi connectivity index (χ2n) is 2.57. The molecular formula is C6H6Br8. The van der Waals surface area contributed by atoms with Gasteiger partial charge in [-0.25, -0.2) is 0 Å². The van der Waals surface area contributed by atoms with Crippen molar-refractivity contribution in [3.05, 3.63) is 0 Å². The summed E-state index contributed by atoms with van der Waals surface area (Å²) in [5.41, 5.74) is 0. The minimum Gasteiger partial charge on any atom is -0.0865 e. The molecule has 0 aliphatic rings. The molecule has 0 fully saturated rings. The molecule has 14 heavy (non-hydrogen) atoms. The van der Waals surface area contributed by atoms with Crippen molar-refractivity contribution in [2.45, 2.75) is 26.8 Å². The second kappa shape index (κ2) is 6.33. The van der Waals surface area contributed by atoms with Gasteiger partial charge in [-0.05, 0) is 6.42 Å². The van der Waals surface area contributed by atoms with Crippen LogP contribution in [0.25, 0.3) is 0 Å². The number of hydrogen-bond acceptors (Lipinski definition) is 0. The van der Waals surface area contributed by atoms with Crippen LogP contribution in [-0.2, 0) is 0 Å². The zero-order valence-corrected chi connectivity index (χ0v) is 19.5. The summed E-state index contributed by atoms with van der Waals surface area (Å²) in [5.74, 6) is 0. The molecule has 0 N–H and O–H groups in total. The van der Waals surface area contributed by atoms with E-state index in [9.17, 15) is 0 Å². The van der Waals surface area contributed by atoms with E-state index in [1.807, 2.05) is 0 Å². The molecule has 0 aromatic heterocycles. The van der Waals surface area contributed by atoms with Crippen LogP contribution in [0.2, 0.25) is 0 Å². The van der Waals surface area contributed by atoms with Crippen molar-refractivity contribution in [3.8, 4) is 0 Å². The first-order valence-corrected chi connectivity index (χ1v) is 9.91. The fourth-order valence-corrected chi connectivity index (χ4v) is 5.93. The van der Waals surface area contributed by atoms with Gasteiger partial charge < -0.3 is 0 Å². The highest BCUT2D eigenvalue weighted by molar-refractivity contribution is 9.42. The number of rotatable bonds is 3. The summed E-state index contributed by atoms with van der Waals surface area (Å²) < 4.78 is -1.35. The van der Waals surface area contributed by atoms with E-state index >= 15 is 0 Å². The van der Waals surface area contributed by atoms with Gasteiger partial charge in [0.05, 0.1) is 0 Å². The van der Waals surface area contributed by atoms with Crippen molar-refractivity contribution in [2.75, 3.05) is 0 Å². The van der Waals surface area contributed by atoms with Crippen molar-refractivity contribution < 1.29 is 0 Å². The van der Waals surface area contributed by atoms with E-state index in [1.165, 1.54) is 0 Å². The van der Waals surface area contributed by atoms with Crippen molar-refractivity contribution in [3.63, 3.8) is 0 Å². The molecule has 0 rings (SSSR count). The van der Waals surface area contributed by atoms with Crippen LogP contribution in [0.5, 0.6) is 0 Å². The summed E-state index contributed by atoms with van der Waals surface area (Å²) in [6, 6.07) is 0. The Labute approximate surface area is 152 Å². The zero-order chi connectivity index (χ0) is 11.8. The van der Waals surface area contributed by atoms with E-state index in [-0.39, 0.29) is 8.06 Å². The molecule has 1 atom stereocenters. The fraction of sp³-hybridized carbons (Fsp3) is 1.00. The maximum atomic E-state index is 3.65. The smallest absolute Gasteiger partial charge is 0.0865 e. The molecule has 0 radical (unpaired) electrons. The molecule has 0 aliphatic heterocycles. The van der Waals surface area contributed by atoms with Gasteiger partial charge in [0.1, 0.15) is 6.47 Å². The lowest BCUT2D eigenvalue weighted by Gasteiger charge is -2.42. The normalized spacial score (nSPS) is 16.9. The molecule has 1 unspecified atom stereocenters. The molecule has 0 saturated heterocycles. The van der Waals surface area contributed by atoms with Crippen LogP contribution < -0.4 is 0 Å². The standard InChI is InChI=1S/C6H6Br8/c1-2-3(7)4(8,9)5(10,11)6(12,13)14/h3H,2H2,1H3.